The molecule has 0 spiro atoms. The topological polar surface area (TPSA) is 67.9 Å². The largest absolute Gasteiger partial charge is 0.462 e. The standard InChI is InChI=1S/C24H25N2O4P/c1-3-29-23(27)25-26(24(28)30-4-2)31(20-14-8-5-9-15-20,21-16-10-6-11-17-21)22-18-12-7-13-19-22/h5-19H,3-4H2,1-2H3/p+1. The second kappa shape index (κ2) is 10.6. The second-order valence-corrected chi connectivity index (χ2v) is 9.71. The molecule has 1 N–H and O–H groups in total. The molecule has 160 valence electrons. The van der Waals surface area contributed by atoms with Crippen LogP contribution in [0.3, 0.4) is 0 Å². The van der Waals surface area contributed by atoms with Crippen molar-refractivity contribution in [1.82, 2.24) is 10.2 Å². The normalized spacial score (nSPS) is 10.8. The lowest BCUT2D eigenvalue weighted by molar-refractivity contribution is 0.104. The number of hydrogen-bond donors (Lipinski definition) is 1. The van der Waals surface area contributed by atoms with E-state index < -0.39 is 19.6 Å². The van der Waals surface area contributed by atoms with Crippen LogP contribution in [0, 0.1) is 0 Å². The monoisotopic (exact) mass is 437 g/mol. The molecule has 2 amide bonds. The van der Waals surface area contributed by atoms with Gasteiger partial charge in [-0.25, -0.2) is 9.59 Å². The van der Waals surface area contributed by atoms with Crippen LogP contribution in [0.25, 0.3) is 0 Å². The Kier molecular flexibility index (Phi) is 7.63. The van der Waals surface area contributed by atoms with Crippen LogP contribution in [0.5, 0.6) is 0 Å². The van der Waals surface area contributed by atoms with Crippen molar-refractivity contribution in [2.45, 2.75) is 13.8 Å². The molecular weight excluding hydrogens is 411 g/mol. The fourth-order valence-electron chi connectivity index (χ4n) is 3.40. The summed E-state index contributed by atoms with van der Waals surface area (Å²) in [5.74, 6) is 0. The minimum Gasteiger partial charge on any atom is -0.449 e. The summed E-state index contributed by atoms with van der Waals surface area (Å²) in [6.45, 7) is 3.78. The number of ether oxygens (including phenoxy) is 2. The highest BCUT2D eigenvalue weighted by atomic mass is 31.2. The summed E-state index contributed by atoms with van der Waals surface area (Å²) in [6.07, 6.45) is -1.37. The number of hydrazine groups is 1. The van der Waals surface area contributed by atoms with Gasteiger partial charge < -0.3 is 9.47 Å². The van der Waals surface area contributed by atoms with Crippen LogP contribution in [0.15, 0.2) is 91.0 Å². The fraction of sp³-hybridized carbons (Fsp3) is 0.167. The molecule has 0 aliphatic heterocycles. The molecule has 0 bridgehead atoms. The first kappa shape index (κ1) is 22.3. The van der Waals surface area contributed by atoms with Gasteiger partial charge in [-0.3, -0.25) is 0 Å². The minimum absolute atomic E-state index is 0.165. The number of nitrogens with one attached hydrogen (secondary N) is 1. The smallest absolute Gasteiger partial charge is 0.449 e. The molecule has 0 radical (unpaired) electrons. The summed E-state index contributed by atoms with van der Waals surface area (Å²) in [6, 6.07) is 29.1. The SMILES string of the molecule is CCOC(=O)NN(C(=O)OCC)[P+](c1ccccc1)(c1ccccc1)c1ccccc1. The third kappa shape index (κ3) is 4.70. The summed E-state index contributed by atoms with van der Waals surface area (Å²) < 4.78 is 11.8. The van der Waals surface area contributed by atoms with Gasteiger partial charge in [-0.2, -0.15) is 5.43 Å². The van der Waals surface area contributed by atoms with Crippen molar-refractivity contribution >= 4 is 35.5 Å². The molecule has 0 aliphatic carbocycles. The van der Waals surface area contributed by atoms with Crippen LogP contribution in [-0.4, -0.2) is 30.2 Å². The van der Waals surface area contributed by atoms with Gasteiger partial charge in [0.15, 0.2) is 0 Å². The molecule has 0 saturated carbocycles. The van der Waals surface area contributed by atoms with E-state index in [1.54, 1.807) is 13.8 Å². The highest BCUT2D eigenvalue weighted by molar-refractivity contribution is 7.94. The zero-order valence-corrected chi connectivity index (χ0v) is 18.5. The van der Waals surface area contributed by atoms with Gasteiger partial charge in [0.25, 0.3) is 0 Å². The van der Waals surface area contributed by atoms with E-state index in [2.05, 4.69) is 5.43 Å². The molecule has 3 aromatic carbocycles. The van der Waals surface area contributed by atoms with E-state index in [9.17, 15) is 9.59 Å². The first-order valence-corrected chi connectivity index (χ1v) is 11.8. The zero-order chi connectivity index (χ0) is 22.1. The molecule has 0 saturated heterocycles. The molecule has 31 heavy (non-hydrogen) atoms. The quantitative estimate of drug-likeness (QED) is 0.467. The number of rotatable bonds is 6. The maximum Gasteiger partial charge on any atom is 0.462 e. The molecular formula is C24H26N2O4P+. The predicted molar refractivity (Wildman–Crippen MR) is 124 cm³/mol. The number of carbonyl (C=O) groups excluding carboxylic acids is 2. The van der Waals surface area contributed by atoms with Gasteiger partial charge in [-0.05, 0) is 50.2 Å². The Morgan fingerprint density at radius 2 is 1.10 bits per heavy atom. The van der Waals surface area contributed by atoms with Gasteiger partial charge in [0, 0.05) is 0 Å². The van der Waals surface area contributed by atoms with Crippen LogP contribution in [0.1, 0.15) is 13.8 Å². The van der Waals surface area contributed by atoms with Crippen molar-refractivity contribution in [2.24, 2.45) is 0 Å². The molecule has 3 aromatic rings. The summed E-state index contributed by atoms with van der Waals surface area (Å²) >= 11 is 0. The lowest BCUT2D eigenvalue weighted by atomic mass is 10.4. The third-order valence-corrected chi connectivity index (χ3v) is 8.60. The number of hydrogen-bond acceptors (Lipinski definition) is 4. The van der Waals surface area contributed by atoms with E-state index in [1.807, 2.05) is 91.0 Å². The van der Waals surface area contributed by atoms with Crippen LogP contribution >= 0.6 is 7.41 Å². The van der Waals surface area contributed by atoms with Crippen molar-refractivity contribution in [1.29, 1.82) is 0 Å². The molecule has 3 rings (SSSR count). The van der Waals surface area contributed by atoms with Crippen LogP contribution in [0.4, 0.5) is 9.59 Å². The average molecular weight is 437 g/mol. The van der Waals surface area contributed by atoms with E-state index in [1.165, 1.54) is 4.78 Å². The molecule has 6 nitrogen and oxygen atoms in total. The maximum atomic E-state index is 13.3. The Hall–Kier alpha value is -3.37. The highest BCUT2D eigenvalue weighted by Gasteiger charge is 2.56. The first-order valence-electron chi connectivity index (χ1n) is 10.1. The molecule has 0 atom stereocenters. The Labute approximate surface area is 183 Å². The van der Waals surface area contributed by atoms with Gasteiger partial charge in [-0.1, -0.05) is 59.4 Å². The Balaban J connectivity index is 2.35. The molecule has 0 heterocycles. The van der Waals surface area contributed by atoms with E-state index in [-0.39, 0.29) is 13.2 Å². The number of amides is 2. The number of nitrogens with zero attached hydrogens (tertiary/aromatic N) is 1. The predicted octanol–water partition coefficient (Wildman–Crippen LogP) is 4.02. The van der Waals surface area contributed by atoms with Gasteiger partial charge in [0.05, 0.1) is 13.2 Å². The lowest BCUT2D eigenvalue weighted by Gasteiger charge is -2.34. The number of benzene rings is 3. The van der Waals surface area contributed by atoms with Gasteiger partial charge in [0.2, 0.25) is 7.41 Å². The Morgan fingerprint density at radius 1 is 0.710 bits per heavy atom. The Morgan fingerprint density at radius 3 is 1.45 bits per heavy atom. The lowest BCUT2D eigenvalue weighted by Crippen LogP contribution is -2.54. The number of carbonyl (C=O) groups is 2. The summed E-state index contributed by atoms with van der Waals surface area (Å²) in [4.78, 5) is 25.8. The third-order valence-electron chi connectivity index (χ3n) is 4.60. The summed E-state index contributed by atoms with van der Waals surface area (Å²) in [7, 11) is -2.88. The van der Waals surface area contributed by atoms with Crippen molar-refractivity contribution in [2.75, 3.05) is 13.2 Å². The van der Waals surface area contributed by atoms with Crippen molar-refractivity contribution in [3.05, 3.63) is 91.0 Å². The van der Waals surface area contributed by atoms with Crippen molar-refractivity contribution in [3.63, 3.8) is 0 Å². The minimum atomic E-state index is -2.88. The highest BCUT2D eigenvalue weighted by Crippen LogP contribution is 2.58. The van der Waals surface area contributed by atoms with E-state index in [4.69, 9.17) is 9.47 Å². The van der Waals surface area contributed by atoms with E-state index >= 15 is 0 Å². The van der Waals surface area contributed by atoms with Crippen molar-refractivity contribution < 1.29 is 19.1 Å². The molecule has 0 aliphatic rings. The van der Waals surface area contributed by atoms with Gasteiger partial charge in [0.1, 0.15) is 15.9 Å². The fourth-order valence-corrected chi connectivity index (χ4v) is 7.33. The van der Waals surface area contributed by atoms with Crippen LogP contribution in [0.2, 0.25) is 0 Å². The maximum absolute atomic E-state index is 13.3. The van der Waals surface area contributed by atoms with Crippen LogP contribution in [-0.2, 0) is 9.47 Å². The summed E-state index contributed by atoms with van der Waals surface area (Å²) in [5, 5.41) is 2.66. The van der Waals surface area contributed by atoms with Gasteiger partial charge >= 0.3 is 12.2 Å². The van der Waals surface area contributed by atoms with Crippen molar-refractivity contribution in [3.8, 4) is 0 Å². The van der Waals surface area contributed by atoms with Crippen LogP contribution < -0.4 is 21.3 Å². The zero-order valence-electron chi connectivity index (χ0n) is 17.6. The second-order valence-electron chi connectivity index (χ2n) is 6.49. The van der Waals surface area contributed by atoms with Gasteiger partial charge in [-0.15, -0.1) is 0 Å². The van der Waals surface area contributed by atoms with E-state index in [0.29, 0.717) is 0 Å². The summed E-state index contributed by atoms with van der Waals surface area (Å²) in [5.41, 5.74) is 2.69. The average Bonchev–Trinajstić information content (AvgIpc) is 2.81. The molecule has 7 heteroatoms. The molecule has 0 fully saturated rings. The molecule has 0 aromatic heterocycles. The first-order chi connectivity index (χ1) is 15.1. The molecule has 0 unspecified atom stereocenters. The van der Waals surface area contributed by atoms with E-state index in [0.717, 1.165) is 15.9 Å². The Bertz CT molecular complexity index is 888.